The molecule has 0 fully saturated rings. The van der Waals surface area contributed by atoms with E-state index in [1.807, 2.05) is 31.2 Å². The summed E-state index contributed by atoms with van der Waals surface area (Å²) in [4.78, 5) is 0. The lowest BCUT2D eigenvalue weighted by Crippen LogP contribution is -1.91. The molecule has 1 aromatic heterocycles. The summed E-state index contributed by atoms with van der Waals surface area (Å²) in [6.45, 7) is 2.01. The van der Waals surface area contributed by atoms with Crippen LogP contribution in [0.2, 0.25) is 0 Å². The molecule has 0 saturated heterocycles. The fourth-order valence-corrected chi connectivity index (χ4v) is 2.83. The minimum Gasteiger partial charge on any atom is -0.382 e. The van der Waals surface area contributed by atoms with Crippen molar-refractivity contribution >= 4 is 21.7 Å². The first-order chi connectivity index (χ1) is 10.1. The molecule has 106 valence electrons. The maximum absolute atomic E-state index is 14.2. The summed E-state index contributed by atoms with van der Waals surface area (Å²) >= 11 is 3.38. The van der Waals surface area contributed by atoms with Gasteiger partial charge in [0, 0.05) is 4.47 Å². The lowest BCUT2D eigenvalue weighted by molar-refractivity contribution is 0.630. The summed E-state index contributed by atoms with van der Waals surface area (Å²) in [6, 6.07) is 12.7. The van der Waals surface area contributed by atoms with Crippen LogP contribution in [0.3, 0.4) is 0 Å². The van der Waals surface area contributed by atoms with Gasteiger partial charge in [0.25, 0.3) is 0 Å². The number of benzene rings is 2. The van der Waals surface area contributed by atoms with Crippen LogP contribution in [-0.2, 0) is 0 Å². The molecular formula is C16H13BrFN3. The number of aromatic amines is 1. The average molecular weight is 346 g/mol. The number of aromatic nitrogens is 2. The largest absolute Gasteiger partial charge is 0.382 e. The van der Waals surface area contributed by atoms with E-state index in [-0.39, 0.29) is 5.82 Å². The molecule has 0 saturated carbocycles. The number of nitrogens with zero attached hydrogens (tertiary/aromatic N) is 1. The van der Waals surface area contributed by atoms with Gasteiger partial charge in [-0.3, -0.25) is 5.10 Å². The van der Waals surface area contributed by atoms with E-state index in [9.17, 15) is 4.39 Å². The van der Waals surface area contributed by atoms with Crippen molar-refractivity contribution in [3.63, 3.8) is 0 Å². The lowest BCUT2D eigenvalue weighted by Gasteiger charge is -2.08. The van der Waals surface area contributed by atoms with Crippen LogP contribution in [0.25, 0.3) is 22.4 Å². The number of anilines is 1. The fourth-order valence-electron chi connectivity index (χ4n) is 2.29. The van der Waals surface area contributed by atoms with Gasteiger partial charge in [-0.2, -0.15) is 5.10 Å². The van der Waals surface area contributed by atoms with Crippen LogP contribution in [0.5, 0.6) is 0 Å². The van der Waals surface area contributed by atoms with Crippen LogP contribution in [0.15, 0.2) is 46.9 Å². The van der Waals surface area contributed by atoms with Crippen molar-refractivity contribution in [3.05, 3.63) is 58.3 Å². The van der Waals surface area contributed by atoms with Gasteiger partial charge in [-0.1, -0.05) is 35.9 Å². The number of aryl methyl sites for hydroxylation is 1. The Morgan fingerprint density at radius 1 is 1.10 bits per heavy atom. The van der Waals surface area contributed by atoms with E-state index in [4.69, 9.17) is 5.73 Å². The Hall–Kier alpha value is -2.14. The van der Waals surface area contributed by atoms with Gasteiger partial charge in [0.05, 0.1) is 16.8 Å². The highest BCUT2D eigenvalue weighted by Gasteiger charge is 2.19. The van der Waals surface area contributed by atoms with Crippen molar-refractivity contribution in [2.45, 2.75) is 6.92 Å². The first-order valence-electron chi connectivity index (χ1n) is 6.43. The number of nitrogens with one attached hydrogen (secondary N) is 1. The molecule has 0 aliphatic rings. The Morgan fingerprint density at radius 3 is 2.48 bits per heavy atom. The van der Waals surface area contributed by atoms with Crippen molar-refractivity contribution in [1.82, 2.24) is 10.2 Å². The van der Waals surface area contributed by atoms with Gasteiger partial charge in [0.2, 0.25) is 0 Å². The SMILES string of the molecule is Cc1ccc(-c2c(N)n[nH]c2-c2c(F)cccc2Br)cc1. The quantitative estimate of drug-likeness (QED) is 0.716. The Balaban J connectivity index is 2.24. The summed E-state index contributed by atoms with van der Waals surface area (Å²) < 4.78 is 14.8. The smallest absolute Gasteiger partial charge is 0.153 e. The highest BCUT2D eigenvalue weighted by molar-refractivity contribution is 9.10. The fraction of sp³-hybridized carbons (Fsp3) is 0.0625. The summed E-state index contributed by atoms with van der Waals surface area (Å²) in [7, 11) is 0. The molecule has 3 rings (SSSR count). The van der Waals surface area contributed by atoms with Gasteiger partial charge in [-0.15, -0.1) is 0 Å². The molecule has 0 aliphatic carbocycles. The molecule has 5 heteroatoms. The Kier molecular flexibility index (Phi) is 3.51. The van der Waals surface area contributed by atoms with Gasteiger partial charge in [0.1, 0.15) is 5.82 Å². The molecule has 0 aliphatic heterocycles. The number of hydrogen-bond donors (Lipinski definition) is 2. The zero-order valence-corrected chi connectivity index (χ0v) is 12.9. The van der Waals surface area contributed by atoms with Gasteiger partial charge in [0.15, 0.2) is 5.82 Å². The van der Waals surface area contributed by atoms with E-state index >= 15 is 0 Å². The Morgan fingerprint density at radius 2 is 1.81 bits per heavy atom. The number of hydrogen-bond acceptors (Lipinski definition) is 2. The molecule has 3 aromatic rings. The molecule has 2 aromatic carbocycles. The maximum atomic E-state index is 14.2. The molecule has 0 bridgehead atoms. The number of halogens is 2. The van der Waals surface area contributed by atoms with E-state index in [0.717, 1.165) is 11.1 Å². The molecule has 0 atom stereocenters. The van der Waals surface area contributed by atoms with Crippen LogP contribution in [0.4, 0.5) is 10.2 Å². The minimum absolute atomic E-state index is 0.332. The van der Waals surface area contributed by atoms with E-state index in [0.29, 0.717) is 27.1 Å². The molecular weight excluding hydrogens is 333 g/mol. The normalized spacial score (nSPS) is 10.8. The Labute approximate surface area is 130 Å². The molecule has 3 N–H and O–H groups in total. The van der Waals surface area contributed by atoms with Crippen molar-refractivity contribution in [2.75, 3.05) is 5.73 Å². The lowest BCUT2D eigenvalue weighted by atomic mass is 10.00. The first-order valence-corrected chi connectivity index (χ1v) is 7.22. The average Bonchev–Trinajstić information content (AvgIpc) is 2.82. The van der Waals surface area contributed by atoms with E-state index in [2.05, 4.69) is 26.1 Å². The standard InChI is InChI=1S/C16H13BrFN3/c1-9-5-7-10(8-6-9)13-15(20-21-16(13)19)14-11(17)3-2-4-12(14)18/h2-8H,1H3,(H3,19,20,21). The molecule has 0 unspecified atom stereocenters. The van der Waals surface area contributed by atoms with Gasteiger partial charge in [-0.25, -0.2) is 4.39 Å². The molecule has 3 nitrogen and oxygen atoms in total. The van der Waals surface area contributed by atoms with Crippen LogP contribution in [-0.4, -0.2) is 10.2 Å². The predicted octanol–water partition coefficient (Wildman–Crippen LogP) is 4.54. The second kappa shape index (κ2) is 5.33. The van der Waals surface area contributed by atoms with Crippen molar-refractivity contribution in [2.24, 2.45) is 0 Å². The summed E-state index contributed by atoms with van der Waals surface area (Å²) in [5, 5.41) is 6.88. The van der Waals surface area contributed by atoms with Crippen LogP contribution >= 0.6 is 15.9 Å². The second-order valence-corrected chi connectivity index (χ2v) is 5.68. The zero-order valence-electron chi connectivity index (χ0n) is 11.3. The minimum atomic E-state index is -0.332. The maximum Gasteiger partial charge on any atom is 0.153 e. The van der Waals surface area contributed by atoms with Gasteiger partial charge < -0.3 is 5.73 Å². The first kappa shape index (κ1) is 13.8. The summed E-state index contributed by atoms with van der Waals surface area (Å²) in [5.41, 5.74) is 9.72. The van der Waals surface area contributed by atoms with Crippen LogP contribution in [0, 0.1) is 12.7 Å². The third kappa shape index (κ3) is 2.45. The Bertz CT molecular complexity index is 774. The van der Waals surface area contributed by atoms with Crippen molar-refractivity contribution in [3.8, 4) is 22.4 Å². The molecule has 0 spiro atoms. The van der Waals surface area contributed by atoms with Crippen LogP contribution in [0.1, 0.15) is 5.56 Å². The highest BCUT2D eigenvalue weighted by Crippen LogP contribution is 2.39. The highest BCUT2D eigenvalue weighted by atomic mass is 79.9. The molecule has 0 radical (unpaired) electrons. The zero-order chi connectivity index (χ0) is 15.0. The second-order valence-electron chi connectivity index (χ2n) is 4.82. The molecule has 21 heavy (non-hydrogen) atoms. The van der Waals surface area contributed by atoms with Gasteiger partial charge in [-0.05, 0) is 40.5 Å². The monoisotopic (exact) mass is 345 g/mol. The molecule has 0 amide bonds. The third-order valence-electron chi connectivity index (χ3n) is 3.35. The number of nitrogen functional groups attached to an aromatic ring is 1. The summed E-state index contributed by atoms with van der Waals surface area (Å²) in [6.07, 6.45) is 0. The van der Waals surface area contributed by atoms with E-state index < -0.39 is 0 Å². The van der Waals surface area contributed by atoms with E-state index in [1.54, 1.807) is 12.1 Å². The number of H-pyrrole nitrogens is 1. The molecule has 1 heterocycles. The predicted molar refractivity (Wildman–Crippen MR) is 86.3 cm³/mol. The van der Waals surface area contributed by atoms with Crippen LogP contribution < -0.4 is 5.73 Å². The summed E-state index contributed by atoms with van der Waals surface area (Å²) in [5.74, 6) is 0.0189. The third-order valence-corrected chi connectivity index (χ3v) is 4.01. The number of nitrogens with two attached hydrogens (primary N) is 1. The van der Waals surface area contributed by atoms with E-state index in [1.165, 1.54) is 6.07 Å². The van der Waals surface area contributed by atoms with Crippen molar-refractivity contribution in [1.29, 1.82) is 0 Å². The van der Waals surface area contributed by atoms with Crippen molar-refractivity contribution < 1.29 is 4.39 Å². The van der Waals surface area contributed by atoms with Gasteiger partial charge >= 0.3 is 0 Å². The topological polar surface area (TPSA) is 54.7 Å². The number of rotatable bonds is 2.